The van der Waals surface area contributed by atoms with Gasteiger partial charge in [0.2, 0.25) is 0 Å². The third kappa shape index (κ3) is 9.61. The number of hydrogen-bond donors (Lipinski definition) is 1. The first-order chi connectivity index (χ1) is 8.18. The predicted octanol–water partition coefficient (Wildman–Crippen LogP) is 4.30. The number of aliphatic hydroxyl groups is 1. The van der Waals surface area contributed by atoms with Gasteiger partial charge in [-0.2, -0.15) is 0 Å². The van der Waals surface area contributed by atoms with Crippen LogP contribution < -0.4 is 0 Å². The van der Waals surface area contributed by atoms with Crippen molar-refractivity contribution in [1.82, 2.24) is 0 Å². The summed E-state index contributed by atoms with van der Waals surface area (Å²) >= 11 is 0. The van der Waals surface area contributed by atoms with Crippen molar-refractivity contribution >= 4 is 0 Å². The van der Waals surface area contributed by atoms with Crippen molar-refractivity contribution in [3.8, 4) is 0 Å². The molecule has 0 bridgehead atoms. The second-order valence-corrected chi connectivity index (χ2v) is 5.28. The smallest absolute Gasteiger partial charge is 0.0881 e. The summed E-state index contributed by atoms with van der Waals surface area (Å²) in [5.74, 6) is 0. The molecule has 0 spiro atoms. The molecule has 1 N–H and O–H groups in total. The molecule has 17 heavy (non-hydrogen) atoms. The molecule has 0 aromatic heterocycles. The van der Waals surface area contributed by atoms with Gasteiger partial charge in [0.1, 0.15) is 0 Å². The summed E-state index contributed by atoms with van der Waals surface area (Å²) in [6.07, 6.45) is 11.4. The van der Waals surface area contributed by atoms with E-state index in [2.05, 4.69) is 13.8 Å². The highest BCUT2D eigenvalue weighted by Crippen LogP contribution is 2.15. The molecule has 2 heteroatoms. The summed E-state index contributed by atoms with van der Waals surface area (Å²) in [5, 5.41) is 9.18. The Morgan fingerprint density at radius 3 is 1.88 bits per heavy atom. The van der Waals surface area contributed by atoms with E-state index in [4.69, 9.17) is 4.74 Å². The van der Waals surface area contributed by atoms with Crippen LogP contribution in [0.4, 0.5) is 0 Å². The zero-order valence-corrected chi connectivity index (χ0v) is 12.1. The van der Waals surface area contributed by atoms with Crippen LogP contribution in [0.5, 0.6) is 0 Å². The molecule has 2 nitrogen and oxygen atoms in total. The van der Waals surface area contributed by atoms with Crippen LogP contribution in [-0.2, 0) is 4.74 Å². The molecule has 0 aliphatic heterocycles. The Morgan fingerprint density at radius 1 is 0.882 bits per heavy atom. The molecule has 1 unspecified atom stereocenters. The lowest BCUT2D eigenvalue weighted by Gasteiger charge is -2.26. The van der Waals surface area contributed by atoms with Gasteiger partial charge in [-0.15, -0.1) is 0 Å². The normalized spacial score (nSPS) is 14.8. The molecule has 104 valence electrons. The van der Waals surface area contributed by atoms with Crippen LogP contribution in [0.3, 0.4) is 0 Å². The van der Waals surface area contributed by atoms with E-state index in [1.165, 1.54) is 44.9 Å². The second kappa shape index (κ2) is 11.0. The average Bonchev–Trinajstić information content (AvgIpc) is 2.36. The van der Waals surface area contributed by atoms with Gasteiger partial charge < -0.3 is 9.84 Å². The van der Waals surface area contributed by atoms with Crippen molar-refractivity contribution in [2.75, 3.05) is 13.2 Å². The summed E-state index contributed by atoms with van der Waals surface area (Å²) in [5.41, 5.74) is -0.318. The molecule has 0 aromatic rings. The number of hydrogen-bond acceptors (Lipinski definition) is 2. The van der Waals surface area contributed by atoms with E-state index in [9.17, 15) is 5.11 Å². The molecule has 0 amide bonds. The average molecular weight is 244 g/mol. The number of aliphatic hydroxyl groups excluding tert-OH is 1. The van der Waals surface area contributed by atoms with Gasteiger partial charge in [0.05, 0.1) is 12.2 Å². The predicted molar refractivity (Wildman–Crippen MR) is 74.3 cm³/mol. The van der Waals surface area contributed by atoms with Crippen LogP contribution in [0.2, 0.25) is 0 Å². The Hall–Kier alpha value is -0.0800. The van der Waals surface area contributed by atoms with Crippen LogP contribution in [0.25, 0.3) is 0 Å². The molecule has 0 heterocycles. The highest BCUT2D eigenvalue weighted by molar-refractivity contribution is 4.71. The lowest BCUT2D eigenvalue weighted by Crippen LogP contribution is -2.32. The van der Waals surface area contributed by atoms with Crippen LogP contribution in [0.15, 0.2) is 0 Å². The fourth-order valence-corrected chi connectivity index (χ4v) is 1.81. The van der Waals surface area contributed by atoms with Crippen molar-refractivity contribution in [3.63, 3.8) is 0 Å². The van der Waals surface area contributed by atoms with Crippen LogP contribution >= 0.6 is 0 Å². The lowest BCUT2D eigenvalue weighted by atomic mass is 10.1. The first-order valence-corrected chi connectivity index (χ1v) is 7.43. The maximum atomic E-state index is 9.18. The maximum Gasteiger partial charge on any atom is 0.0881 e. The zero-order chi connectivity index (χ0) is 13.0. The maximum absolute atomic E-state index is 9.18. The molecule has 0 saturated carbocycles. The summed E-state index contributed by atoms with van der Waals surface area (Å²) in [6, 6.07) is 0. The quantitative estimate of drug-likeness (QED) is 0.518. The van der Waals surface area contributed by atoms with Crippen LogP contribution in [-0.4, -0.2) is 23.9 Å². The molecule has 0 rings (SSSR count). The number of rotatable bonds is 12. The Bertz CT molecular complexity index is 153. The largest absolute Gasteiger partial charge is 0.393 e. The minimum atomic E-state index is -0.318. The Balaban J connectivity index is 3.23. The fourth-order valence-electron chi connectivity index (χ4n) is 1.81. The van der Waals surface area contributed by atoms with E-state index in [0.29, 0.717) is 0 Å². The molecule has 0 aliphatic rings. The molecular weight excluding hydrogens is 212 g/mol. The SMILES string of the molecule is CCCCCCCCCCOC(C)(CC)CO. The van der Waals surface area contributed by atoms with Gasteiger partial charge in [0.25, 0.3) is 0 Å². The zero-order valence-electron chi connectivity index (χ0n) is 12.1. The highest BCUT2D eigenvalue weighted by Gasteiger charge is 2.20. The van der Waals surface area contributed by atoms with E-state index >= 15 is 0 Å². The first-order valence-electron chi connectivity index (χ1n) is 7.43. The third-order valence-electron chi connectivity index (χ3n) is 3.53. The van der Waals surface area contributed by atoms with Crippen molar-refractivity contribution in [2.24, 2.45) is 0 Å². The van der Waals surface area contributed by atoms with E-state index in [1.54, 1.807) is 0 Å². The summed E-state index contributed by atoms with van der Waals surface area (Å²) in [7, 11) is 0. The minimum absolute atomic E-state index is 0.126. The highest BCUT2D eigenvalue weighted by atomic mass is 16.5. The minimum Gasteiger partial charge on any atom is -0.393 e. The molecule has 0 saturated heterocycles. The van der Waals surface area contributed by atoms with Crippen molar-refractivity contribution in [3.05, 3.63) is 0 Å². The fraction of sp³-hybridized carbons (Fsp3) is 1.00. The Morgan fingerprint density at radius 2 is 1.41 bits per heavy atom. The molecule has 0 aliphatic carbocycles. The van der Waals surface area contributed by atoms with Gasteiger partial charge in [-0.1, -0.05) is 58.8 Å². The van der Waals surface area contributed by atoms with Gasteiger partial charge in [0, 0.05) is 6.61 Å². The van der Waals surface area contributed by atoms with E-state index < -0.39 is 0 Å². The standard InChI is InChI=1S/C15H32O2/c1-4-6-7-8-9-10-11-12-13-17-15(3,5-2)14-16/h16H,4-14H2,1-3H3. The topological polar surface area (TPSA) is 29.5 Å². The van der Waals surface area contributed by atoms with Gasteiger partial charge in [-0.25, -0.2) is 0 Å². The number of ether oxygens (including phenoxy) is 1. The molecular formula is C15H32O2. The molecule has 0 radical (unpaired) electrons. The van der Waals surface area contributed by atoms with Crippen molar-refractivity contribution in [1.29, 1.82) is 0 Å². The number of unbranched alkanes of at least 4 members (excludes halogenated alkanes) is 7. The van der Waals surface area contributed by atoms with E-state index in [0.717, 1.165) is 19.4 Å². The van der Waals surface area contributed by atoms with Crippen molar-refractivity contribution in [2.45, 2.75) is 84.2 Å². The Labute approximate surface area is 108 Å². The first kappa shape index (κ1) is 16.9. The van der Waals surface area contributed by atoms with Gasteiger partial charge >= 0.3 is 0 Å². The van der Waals surface area contributed by atoms with Crippen molar-refractivity contribution < 1.29 is 9.84 Å². The molecule has 1 atom stereocenters. The van der Waals surface area contributed by atoms with Gasteiger partial charge in [0.15, 0.2) is 0 Å². The summed E-state index contributed by atoms with van der Waals surface area (Å²) in [6.45, 7) is 7.21. The van der Waals surface area contributed by atoms with Crippen LogP contribution in [0, 0.1) is 0 Å². The summed E-state index contributed by atoms with van der Waals surface area (Å²) < 4.78 is 5.72. The van der Waals surface area contributed by atoms with Crippen LogP contribution in [0.1, 0.15) is 78.6 Å². The van der Waals surface area contributed by atoms with Gasteiger partial charge in [-0.3, -0.25) is 0 Å². The molecule has 0 aromatic carbocycles. The lowest BCUT2D eigenvalue weighted by molar-refractivity contribution is -0.0700. The Kier molecular flexibility index (Phi) is 11.0. The second-order valence-electron chi connectivity index (χ2n) is 5.28. The van der Waals surface area contributed by atoms with E-state index in [-0.39, 0.29) is 12.2 Å². The van der Waals surface area contributed by atoms with Gasteiger partial charge in [-0.05, 0) is 19.8 Å². The summed E-state index contributed by atoms with van der Waals surface area (Å²) in [4.78, 5) is 0. The third-order valence-corrected chi connectivity index (χ3v) is 3.53. The van der Waals surface area contributed by atoms with E-state index in [1.807, 2.05) is 6.92 Å². The monoisotopic (exact) mass is 244 g/mol. The molecule has 0 fully saturated rings.